The van der Waals surface area contributed by atoms with Gasteiger partial charge in [0.25, 0.3) is 0 Å². The minimum absolute atomic E-state index is 0.0229. The predicted molar refractivity (Wildman–Crippen MR) is 117 cm³/mol. The lowest BCUT2D eigenvalue weighted by Crippen LogP contribution is -2.39. The molecule has 1 saturated heterocycles. The molecule has 6 heteroatoms. The van der Waals surface area contributed by atoms with Crippen molar-refractivity contribution in [3.8, 4) is 0 Å². The molecule has 0 saturated carbocycles. The highest BCUT2D eigenvalue weighted by Crippen LogP contribution is 2.20. The fourth-order valence-corrected chi connectivity index (χ4v) is 3.72. The summed E-state index contributed by atoms with van der Waals surface area (Å²) in [6.45, 7) is 4.71. The van der Waals surface area contributed by atoms with Crippen LogP contribution in [-0.2, 0) is 11.3 Å². The van der Waals surface area contributed by atoms with Crippen molar-refractivity contribution >= 4 is 43.5 Å². The van der Waals surface area contributed by atoms with E-state index in [1.165, 1.54) is 5.56 Å². The lowest BCUT2D eigenvalue weighted by molar-refractivity contribution is -0.126. The van der Waals surface area contributed by atoms with Gasteiger partial charge in [0.2, 0.25) is 5.91 Å². The van der Waals surface area contributed by atoms with Crippen LogP contribution in [0.15, 0.2) is 62.6 Å². The normalized spacial score (nSPS) is 16.3. The molecule has 0 spiro atoms. The van der Waals surface area contributed by atoms with Gasteiger partial charge < -0.3 is 0 Å². The van der Waals surface area contributed by atoms with Gasteiger partial charge in [0.1, 0.15) is 0 Å². The molecule has 0 bridgehead atoms. The molecule has 2 aromatic rings. The van der Waals surface area contributed by atoms with Gasteiger partial charge in [-0.3, -0.25) is 9.69 Å². The van der Waals surface area contributed by atoms with Crippen LogP contribution >= 0.6 is 31.9 Å². The molecular weight excluding hydrogens is 470 g/mol. The summed E-state index contributed by atoms with van der Waals surface area (Å²) >= 11 is 6.89. The van der Waals surface area contributed by atoms with Gasteiger partial charge in [0.15, 0.2) is 0 Å². The van der Waals surface area contributed by atoms with E-state index >= 15 is 0 Å². The monoisotopic (exact) mass is 491 g/mol. The van der Waals surface area contributed by atoms with Crippen LogP contribution in [0.3, 0.4) is 0 Å². The van der Waals surface area contributed by atoms with Gasteiger partial charge in [-0.05, 0) is 68.2 Å². The zero-order valence-electron chi connectivity index (χ0n) is 15.3. The Morgan fingerprint density at radius 3 is 2.19 bits per heavy atom. The molecule has 3 rings (SSSR count). The van der Waals surface area contributed by atoms with Crippen molar-refractivity contribution in [1.29, 1.82) is 0 Å². The number of nitrogens with zero attached hydrogens (tertiary/aromatic N) is 2. The first-order chi connectivity index (χ1) is 13.0. The van der Waals surface area contributed by atoms with Crippen molar-refractivity contribution in [2.24, 2.45) is 11.0 Å². The van der Waals surface area contributed by atoms with Crippen molar-refractivity contribution in [3.63, 3.8) is 0 Å². The summed E-state index contributed by atoms with van der Waals surface area (Å²) in [5.74, 6) is 0.0578. The first kappa shape index (κ1) is 20.2. The molecule has 2 aromatic carbocycles. The fourth-order valence-electron chi connectivity index (χ4n) is 3.19. The maximum absolute atomic E-state index is 12.4. The molecule has 1 aliphatic rings. The van der Waals surface area contributed by atoms with Crippen LogP contribution < -0.4 is 5.43 Å². The van der Waals surface area contributed by atoms with Gasteiger partial charge in [0.05, 0.1) is 5.71 Å². The predicted octanol–water partition coefficient (Wildman–Crippen LogP) is 4.96. The highest BCUT2D eigenvalue weighted by molar-refractivity contribution is 9.10. The average molecular weight is 493 g/mol. The van der Waals surface area contributed by atoms with E-state index in [4.69, 9.17) is 0 Å². The second-order valence-corrected chi connectivity index (χ2v) is 8.69. The van der Waals surface area contributed by atoms with Crippen molar-refractivity contribution in [2.45, 2.75) is 26.3 Å². The Labute approximate surface area is 177 Å². The van der Waals surface area contributed by atoms with E-state index in [2.05, 4.69) is 71.6 Å². The summed E-state index contributed by atoms with van der Waals surface area (Å²) in [7, 11) is 0. The standard InChI is InChI=1S/C21H23Br2N3O/c1-15(17-4-8-20(23)9-5-17)24-25-21(27)18-10-12-26(13-11-18)14-16-2-6-19(22)7-3-16/h2-9,18H,10-14H2,1H3,(H,25,27)/b24-15-. The highest BCUT2D eigenvalue weighted by Gasteiger charge is 2.24. The zero-order valence-corrected chi connectivity index (χ0v) is 18.5. The fraction of sp³-hybridized carbons (Fsp3) is 0.333. The van der Waals surface area contributed by atoms with Gasteiger partial charge in [-0.1, -0.05) is 56.1 Å². The van der Waals surface area contributed by atoms with Crippen LogP contribution in [0.4, 0.5) is 0 Å². The Balaban J connectivity index is 1.47. The molecule has 0 atom stereocenters. The summed E-state index contributed by atoms with van der Waals surface area (Å²) < 4.78 is 2.12. The molecule has 1 fully saturated rings. The van der Waals surface area contributed by atoms with E-state index in [1.54, 1.807) is 0 Å². The molecule has 27 heavy (non-hydrogen) atoms. The molecular formula is C21H23Br2N3O. The minimum atomic E-state index is 0.0229. The topological polar surface area (TPSA) is 44.7 Å². The smallest absolute Gasteiger partial charge is 0.243 e. The summed E-state index contributed by atoms with van der Waals surface area (Å²) in [6, 6.07) is 16.3. The number of likely N-dealkylation sites (tertiary alicyclic amines) is 1. The average Bonchev–Trinajstić information content (AvgIpc) is 2.69. The van der Waals surface area contributed by atoms with Gasteiger partial charge in [-0.15, -0.1) is 0 Å². The molecule has 1 amide bonds. The zero-order chi connectivity index (χ0) is 19.2. The maximum Gasteiger partial charge on any atom is 0.243 e. The number of benzene rings is 2. The molecule has 0 aliphatic carbocycles. The van der Waals surface area contributed by atoms with Crippen LogP contribution in [0.5, 0.6) is 0 Å². The number of carbonyl (C=O) groups is 1. The molecule has 1 N–H and O–H groups in total. The van der Waals surface area contributed by atoms with E-state index in [0.29, 0.717) is 0 Å². The van der Waals surface area contributed by atoms with Crippen LogP contribution in [0.1, 0.15) is 30.9 Å². The Morgan fingerprint density at radius 1 is 1.04 bits per heavy atom. The van der Waals surface area contributed by atoms with Crippen molar-refractivity contribution in [3.05, 3.63) is 68.6 Å². The number of hydrogen-bond acceptors (Lipinski definition) is 3. The molecule has 1 heterocycles. The highest BCUT2D eigenvalue weighted by atomic mass is 79.9. The van der Waals surface area contributed by atoms with E-state index < -0.39 is 0 Å². The van der Waals surface area contributed by atoms with Crippen molar-refractivity contribution < 1.29 is 4.79 Å². The van der Waals surface area contributed by atoms with E-state index in [9.17, 15) is 4.79 Å². The van der Waals surface area contributed by atoms with Crippen LogP contribution in [-0.4, -0.2) is 29.6 Å². The van der Waals surface area contributed by atoms with Crippen molar-refractivity contribution in [2.75, 3.05) is 13.1 Å². The summed E-state index contributed by atoms with van der Waals surface area (Å²) in [4.78, 5) is 14.8. The number of hydrogen-bond donors (Lipinski definition) is 1. The SMILES string of the molecule is C/C(=N/NC(=O)C1CCN(Cc2ccc(Br)cc2)CC1)c1ccc(Br)cc1. The third kappa shape index (κ3) is 5.99. The van der Waals surface area contributed by atoms with Gasteiger partial charge in [-0.25, -0.2) is 5.43 Å². The van der Waals surface area contributed by atoms with Crippen molar-refractivity contribution in [1.82, 2.24) is 10.3 Å². The lowest BCUT2D eigenvalue weighted by atomic mass is 9.96. The largest absolute Gasteiger partial charge is 0.299 e. The molecule has 0 unspecified atom stereocenters. The van der Waals surface area contributed by atoms with E-state index in [0.717, 1.165) is 52.7 Å². The molecule has 4 nitrogen and oxygen atoms in total. The second kappa shape index (κ2) is 9.62. The summed E-state index contributed by atoms with van der Waals surface area (Å²) in [5.41, 5.74) is 5.86. The van der Waals surface area contributed by atoms with E-state index in [1.807, 2.05) is 31.2 Å². The number of rotatable bonds is 5. The minimum Gasteiger partial charge on any atom is -0.299 e. The molecule has 142 valence electrons. The number of carbonyl (C=O) groups excluding carboxylic acids is 1. The molecule has 0 aromatic heterocycles. The Kier molecular flexibility index (Phi) is 7.21. The van der Waals surface area contributed by atoms with Gasteiger partial charge in [0, 0.05) is 21.4 Å². The number of nitrogens with one attached hydrogen (secondary N) is 1. The summed E-state index contributed by atoms with van der Waals surface area (Å²) in [6.07, 6.45) is 1.74. The number of amides is 1. The van der Waals surface area contributed by atoms with Crippen LogP contribution in [0.2, 0.25) is 0 Å². The first-order valence-corrected chi connectivity index (χ1v) is 10.7. The lowest BCUT2D eigenvalue weighted by Gasteiger charge is -2.30. The number of piperidine rings is 1. The second-order valence-electron chi connectivity index (χ2n) is 6.86. The van der Waals surface area contributed by atoms with Crippen LogP contribution in [0.25, 0.3) is 0 Å². The molecule has 1 aliphatic heterocycles. The quantitative estimate of drug-likeness (QED) is 0.473. The first-order valence-electron chi connectivity index (χ1n) is 9.08. The Bertz CT molecular complexity index is 795. The number of halogens is 2. The Hall–Kier alpha value is -1.50. The van der Waals surface area contributed by atoms with Crippen LogP contribution in [0, 0.1) is 5.92 Å². The Morgan fingerprint density at radius 2 is 1.59 bits per heavy atom. The third-order valence-electron chi connectivity index (χ3n) is 4.87. The van der Waals surface area contributed by atoms with E-state index in [-0.39, 0.29) is 11.8 Å². The number of hydrazone groups is 1. The summed E-state index contributed by atoms with van der Waals surface area (Å²) in [5, 5.41) is 4.28. The maximum atomic E-state index is 12.4. The van der Waals surface area contributed by atoms with Gasteiger partial charge >= 0.3 is 0 Å². The van der Waals surface area contributed by atoms with Gasteiger partial charge in [-0.2, -0.15) is 5.10 Å². The molecule has 0 radical (unpaired) electrons. The third-order valence-corrected chi connectivity index (χ3v) is 5.93.